The fraction of sp³-hybridized carbons (Fsp3) is 0.462. The number of halogens is 1. The van der Waals surface area contributed by atoms with Crippen LogP contribution in [0, 0.1) is 5.82 Å². The summed E-state index contributed by atoms with van der Waals surface area (Å²) in [6.45, 7) is 1.35. The maximum Gasteiger partial charge on any atom is 0.336 e. The minimum Gasteiger partial charge on any atom is -0.478 e. The van der Waals surface area contributed by atoms with Crippen LogP contribution in [0.1, 0.15) is 28.8 Å². The van der Waals surface area contributed by atoms with Crippen molar-refractivity contribution in [1.82, 2.24) is 0 Å². The van der Waals surface area contributed by atoms with Crippen LogP contribution in [0.5, 0.6) is 0 Å². The highest BCUT2D eigenvalue weighted by Crippen LogP contribution is 2.15. The van der Waals surface area contributed by atoms with Crippen molar-refractivity contribution in [3.63, 3.8) is 0 Å². The fourth-order valence-electron chi connectivity index (χ4n) is 1.95. The molecule has 0 radical (unpaired) electrons. The van der Waals surface area contributed by atoms with Crippen molar-refractivity contribution in [2.75, 3.05) is 13.2 Å². The zero-order valence-electron chi connectivity index (χ0n) is 9.89. The number of benzene rings is 1. The number of carboxylic acids is 1. The lowest BCUT2D eigenvalue weighted by atomic mass is 10.1. The molecule has 2 rings (SSSR count). The maximum atomic E-state index is 13.0. The summed E-state index contributed by atoms with van der Waals surface area (Å²) in [5.74, 6) is -1.71. The van der Waals surface area contributed by atoms with Crippen LogP contribution in [0.25, 0.3) is 0 Å². The summed E-state index contributed by atoms with van der Waals surface area (Å²) in [6.07, 6.45) is 2.10. The first kappa shape index (κ1) is 13.0. The average Bonchev–Trinajstić information content (AvgIpc) is 2.84. The molecule has 0 bridgehead atoms. The highest BCUT2D eigenvalue weighted by molar-refractivity contribution is 5.89. The van der Waals surface area contributed by atoms with Gasteiger partial charge in [-0.2, -0.15) is 0 Å². The van der Waals surface area contributed by atoms with Crippen LogP contribution in [0.3, 0.4) is 0 Å². The third-order valence-electron chi connectivity index (χ3n) is 2.89. The second-order valence-electron chi connectivity index (χ2n) is 4.26. The average molecular weight is 254 g/mol. The van der Waals surface area contributed by atoms with Gasteiger partial charge in [0.1, 0.15) is 5.82 Å². The van der Waals surface area contributed by atoms with Gasteiger partial charge in [-0.05, 0) is 30.5 Å². The molecule has 0 saturated carbocycles. The van der Waals surface area contributed by atoms with Crippen LogP contribution in [-0.4, -0.2) is 30.4 Å². The maximum absolute atomic E-state index is 13.0. The SMILES string of the molecule is O=C(O)c1cc(F)ccc1COCC1CCCO1. The summed E-state index contributed by atoms with van der Waals surface area (Å²) in [5, 5.41) is 8.95. The lowest BCUT2D eigenvalue weighted by molar-refractivity contribution is 0.0102. The molecule has 0 aliphatic carbocycles. The number of aromatic carboxylic acids is 1. The van der Waals surface area contributed by atoms with Crippen LogP contribution >= 0.6 is 0 Å². The van der Waals surface area contributed by atoms with Crippen LogP contribution in [0.2, 0.25) is 0 Å². The molecule has 1 aliphatic rings. The van der Waals surface area contributed by atoms with Crippen molar-refractivity contribution in [3.05, 3.63) is 35.1 Å². The van der Waals surface area contributed by atoms with E-state index in [1.165, 1.54) is 12.1 Å². The molecule has 0 aromatic heterocycles. The third kappa shape index (κ3) is 3.27. The van der Waals surface area contributed by atoms with Crippen molar-refractivity contribution < 1.29 is 23.8 Å². The predicted octanol–water partition coefficient (Wildman–Crippen LogP) is 2.22. The number of hydrogen-bond donors (Lipinski definition) is 1. The zero-order chi connectivity index (χ0) is 13.0. The number of ether oxygens (including phenoxy) is 2. The van der Waals surface area contributed by atoms with Gasteiger partial charge >= 0.3 is 5.97 Å². The minimum atomic E-state index is -1.15. The Morgan fingerprint density at radius 3 is 3.06 bits per heavy atom. The van der Waals surface area contributed by atoms with Gasteiger partial charge in [0, 0.05) is 6.61 Å². The van der Waals surface area contributed by atoms with Gasteiger partial charge in [0.25, 0.3) is 0 Å². The van der Waals surface area contributed by atoms with E-state index in [4.69, 9.17) is 14.6 Å². The summed E-state index contributed by atoms with van der Waals surface area (Å²) in [4.78, 5) is 10.9. The van der Waals surface area contributed by atoms with E-state index in [9.17, 15) is 9.18 Å². The standard InChI is InChI=1S/C13H15FO4/c14-10-4-3-9(12(6-10)13(15)16)7-17-8-11-2-1-5-18-11/h3-4,6,11H,1-2,5,7-8H2,(H,15,16). The molecular weight excluding hydrogens is 239 g/mol. The van der Waals surface area contributed by atoms with Gasteiger partial charge in [0.2, 0.25) is 0 Å². The molecule has 4 nitrogen and oxygen atoms in total. The van der Waals surface area contributed by atoms with Crippen molar-refractivity contribution in [1.29, 1.82) is 0 Å². The first-order valence-corrected chi connectivity index (χ1v) is 5.88. The molecule has 0 amide bonds. The molecule has 1 unspecified atom stereocenters. The normalized spacial score (nSPS) is 19.1. The van der Waals surface area contributed by atoms with E-state index in [1.807, 2.05) is 0 Å². The Morgan fingerprint density at radius 1 is 1.56 bits per heavy atom. The van der Waals surface area contributed by atoms with E-state index < -0.39 is 11.8 Å². The van der Waals surface area contributed by atoms with Crippen LogP contribution in [0.4, 0.5) is 4.39 Å². The molecule has 1 atom stereocenters. The van der Waals surface area contributed by atoms with Crippen molar-refractivity contribution in [3.8, 4) is 0 Å². The monoisotopic (exact) mass is 254 g/mol. The Bertz CT molecular complexity index is 427. The summed E-state index contributed by atoms with van der Waals surface area (Å²) in [7, 11) is 0. The van der Waals surface area contributed by atoms with Crippen molar-refractivity contribution in [2.45, 2.75) is 25.6 Å². The number of hydrogen-bond acceptors (Lipinski definition) is 3. The number of rotatable bonds is 5. The molecule has 5 heteroatoms. The topological polar surface area (TPSA) is 55.8 Å². The Kier molecular flexibility index (Phi) is 4.28. The van der Waals surface area contributed by atoms with Crippen LogP contribution in [-0.2, 0) is 16.1 Å². The molecule has 98 valence electrons. The van der Waals surface area contributed by atoms with E-state index in [0.717, 1.165) is 25.5 Å². The molecule has 1 N–H and O–H groups in total. The van der Waals surface area contributed by atoms with Crippen molar-refractivity contribution >= 4 is 5.97 Å². The van der Waals surface area contributed by atoms with Gasteiger partial charge < -0.3 is 14.6 Å². The molecule has 1 aromatic carbocycles. The second-order valence-corrected chi connectivity index (χ2v) is 4.26. The molecule has 1 aromatic rings. The Hall–Kier alpha value is -1.46. The van der Waals surface area contributed by atoms with E-state index in [0.29, 0.717) is 12.2 Å². The van der Waals surface area contributed by atoms with Gasteiger partial charge in [-0.25, -0.2) is 9.18 Å². The van der Waals surface area contributed by atoms with Gasteiger partial charge in [-0.1, -0.05) is 6.07 Å². The first-order valence-electron chi connectivity index (χ1n) is 5.88. The summed E-state index contributed by atoms with van der Waals surface area (Å²) in [5.41, 5.74) is 0.421. The minimum absolute atomic E-state index is 0.0534. The van der Waals surface area contributed by atoms with Crippen LogP contribution < -0.4 is 0 Å². The second kappa shape index (κ2) is 5.93. The van der Waals surface area contributed by atoms with E-state index >= 15 is 0 Å². The smallest absolute Gasteiger partial charge is 0.336 e. The van der Waals surface area contributed by atoms with Crippen LogP contribution in [0.15, 0.2) is 18.2 Å². The van der Waals surface area contributed by atoms with Gasteiger partial charge in [0.05, 0.1) is 24.9 Å². The molecule has 1 saturated heterocycles. The fourth-order valence-corrected chi connectivity index (χ4v) is 1.95. The molecule has 0 spiro atoms. The molecular formula is C13H15FO4. The Morgan fingerprint density at radius 2 is 2.39 bits per heavy atom. The quantitative estimate of drug-likeness (QED) is 0.875. The lowest BCUT2D eigenvalue weighted by Crippen LogP contribution is -2.14. The van der Waals surface area contributed by atoms with E-state index in [1.54, 1.807) is 0 Å². The lowest BCUT2D eigenvalue weighted by Gasteiger charge is -2.11. The molecule has 1 fully saturated rings. The highest BCUT2D eigenvalue weighted by atomic mass is 19.1. The summed E-state index contributed by atoms with van der Waals surface area (Å²) >= 11 is 0. The third-order valence-corrected chi connectivity index (χ3v) is 2.89. The van der Waals surface area contributed by atoms with Gasteiger partial charge in [-0.15, -0.1) is 0 Å². The Balaban J connectivity index is 1.93. The number of carboxylic acid groups (broad SMARTS) is 1. The van der Waals surface area contributed by atoms with E-state index in [2.05, 4.69) is 0 Å². The molecule has 18 heavy (non-hydrogen) atoms. The van der Waals surface area contributed by atoms with Gasteiger partial charge in [0.15, 0.2) is 0 Å². The summed E-state index contributed by atoms with van der Waals surface area (Å²) in [6, 6.07) is 3.68. The van der Waals surface area contributed by atoms with Crippen molar-refractivity contribution in [2.24, 2.45) is 0 Å². The van der Waals surface area contributed by atoms with E-state index in [-0.39, 0.29) is 18.3 Å². The highest BCUT2D eigenvalue weighted by Gasteiger charge is 2.16. The molecule has 1 aliphatic heterocycles. The largest absolute Gasteiger partial charge is 0.478 e. The zero-order valence-corrected chi connectivity index (χ0v) is 9.89. The predicted molar refractivity (Wildman–Crippen MR) is 62.0 cm³/mol. The summed E-state index contributed by atoms with van der Waals surface area (Å²) < 4.78 is 23.8. The first-order chi connectivity index (χ1) is 8.66. The number of carbonyl (C=O) groups is 1. The molecule has 1 heterocycles. The Labute approximate surface area is 104 Å². The van der Waals surface area contributed by atoms with Gasteiger partial charge in [-0.3, -0.25) is 0 Å².